The van der Waals surface area contributed by atoms with Gasteiger partial charge >= 0.3 is 0 Å². The maximum atomic E-state index is 12.2. The third-order valence-electron chi connectivity index (χ3n) is 3.88. The molecular formula is C18H19N5O. The zero-order valence-electron chi connectivity index (χ0n) is 13.7. The maximum absolute atomic E-state index is 12.2. The third kappa shape index (κ3) is 2.78. The van der Waals surface area contributed by atoms with Crippen molar-refractivity contribution in [1.29, 1.82) is 0 Å². The van der Waals surface area contributed by atoms with Crippen molar-refractivity contribution < 1.29 is 4.79 Å². The van der Waals surface area contributed by atoms with Crippen LogP contribution in [0.25, 0.3) is 22.0 Å². The molecule has 2 aromatic heterocycles. The van der Waals surface area contributed by atoms with Crippen molar-refractivity contribution in [3.05, 3.63) is 47.9 Å². The smallest absolute Gasteiger partial charge is 0.273 e. The molecule has 0 bridgehead atoms. The quantitative estimate of drug-likeness (QED) is 0.770. The standard InChI is InChI=1S/C18H19N5O/c1-3-9-21-18(24)17-15(19)14-7-4-6-13(16(14)22-23-17)12-8-5-10-20-11(12)2/h4-8,10H,3,9H2,1-2H3,(H2,19,22)(H,21,24). The monoisotopic (exact) mass is 321 g/mol. The molecule has 6 heteroatoms. The molecule has 1 aromatic carbocycles. The number of aromatic nitrogens is 3. The number of anilines is 1. The van der Waals surface area contributed by atoms with Crippen molar-refractivity contribution in [3.8, 4) is 11.1 Å². The van der Waals surface area contributed by atoms with Gasteiger partial charge in [0.25, 0.3) is 5.91 Å². The Hall–Kier alpha value is -3.02. The number of pyridine rings is 1. The minimum Gasteiger partial charge on any atom is -0.396 e. The van der Waals surface area contributed by atoms with Gasteiger partial charge in [-0.15, -0.1) is 10.2 Å². The number of carbonyl (C=O) groups excluding carboxylic acids is 1. The first-order valence-corrected chi connectivity index (χ1v) is 7.88. The molecule has 0 aliphatic heterocycles. The molecule has 0 saturated heterocycles. The van der Waals surface area contributed by atoms with Crippen LogP contribution in [-0.4, -0.2) is 27.6 Å². The molecule has 122 valence electrons. The zero-order chi connectivity index (χ0) is 17.1. The van der Waals surface area contributed by atoms with Crippen LogP contribution in [0.5, 0.6) is 0 Å². The molecule has 3 rings (SSSR count). The minimum atomic E-state index is -0.299. The van der Waals surface area contributed by atoms with Gasteiger partial charge in [-0.25, -0.2) is 0 Å². The van der Waals surface area contributed by atoms with E-state index < -0.39 is 0 Å². The van der Waals surface area contributed by atoms with Crippen LogP contribution in [0.15, 0.2) is 36.5 Å². The van der Waals surface area contributed by atoms with Crippen molar-refractivity contribution in [2.24, 2.45) is 0 Å². The van der Waals surface area contributed by atoms with Gasteiger partial charge in [-0.2, -0.15) is 0 Å². The van der Waals surface area contributed by atoms with E-state index in [1.165, 1.54) is 0 Å². The lowest BCUT2D eigenvalue weighted by Crippen LogP contribution is -2.26. The zero-order valence-corrected chi connectivity index (χ0v) is 13.7. The number of aryl methyl sites for hydroxylation is 1. The Morgan fingerprint density at radius 1 is 1.17 bits per heavy atom. The lowest BCUT2D eigenvalue weighted by molar-refractivity contribution is 0.0949. The molecule has 24 heavy (non-hydrogen) atoms. The van der Waals surface area contributed by atoms with Crippen LogP contribution in [0.3, 0.4) is 0 Å². The summed E-state index contributed by atoms with van der Waals surface area (Å²) < 4.78 is 0. The van der Waals surface area contributed by atoms with E-state index in [4.69, 9.17) is 5.73 Å². The van der Waals surface area contributed by atoms with Gasteiger partial charge in [-0.3, -0.25) is 9.78 Å². The second-order valence-corrected chi connectivity index (χ2v) is 5.56. The molecule has 0 spiro atoms. The lowest BCUT2D eigenvalue weighted by Gasteiger charge is -2.11. The first kappa shape index (κ1) is 15.9. The Bertz CT molecular complexity index is 907. The van der Waals surface area contributed by atoms with Crippen LogP contribution < -0.4 is 11.1 Å². The number of rotatable bonds is 4. The van der Waals surface area contributed by atoms with E-state index in [-0.39, 0.29) is 11.6 Å². The van der Waals surface area contributed by atoms with Gasteiger partial charge in [-0.1, -0.05) is 31.2 Å². The van der Waals surface area contributed by atoms with E-state index in [0.29, 0.717) is 23.1 Å². The summed E-state index contributed by atoms with van der Waals surface area (Å²) in [5.41, 5.74) is 10.1. The molecule has 6 nitrogen and oxygen atoms in total. The van der Waals surface area contributed by atoms with Crippen LogP contribution in [0, 0.1) is 6.92 Å². The van der Waals surface area contributed by atoms with Gasteiger partial charge in [0.1, 0.15) is 5.52 Å². The van der Waals surface area contributed by atoms with Gasteiger partial charge in [0.2, 0.25) is 0 Å². The Labute approximate surface area is 140 Å². The van der Waals surface area contributed by atoms with E-state index in [9.17, 15) is 4.79 Å². The van der Waals surface area contributed by atoms with Gasteiger partial charge < -0.3 is 11.1 Å². The minimum absolute atomic E-state index is 0.163. The second kappa shape index (κ2) is 6.62. The number of nitrogens with two attached hydrogens (primary N) is 1. The second-order valence-electron chi connectivity index (χ2n) is 5.56. The van der Waals surface area contributed by atoms with Crippen molar-refractivity contribution in [1.82, 2.24) is 20.5 Å². The highest BCUT2D eigenvalue weighted by Crippen LogP contribution is 2.31. The third-order valence-corrected chi connectivity index (χ3v) is 3.88. The molecular weight excluding hydrogens is 302 g/mol. The van der Waals surface area contributed by atoms with Crippen LogP contribution in [0.1, 0.15) is 29.5 Å². The summed E-state index contributed by atoms with van der Waals surface area (Å²) in [6.07, 6.45) is 2.59. The SMILES string of the molecule is CCCNC(=O)c1nnc2c(-c3cccnc3C)cccc2c1N. The van der Waals surface area contributed by atoms with Crippen LogP contribution in [-0.2, 0) is 0 Å². The number of nitrogens with zero attached hydrogens (tertiary/aromatic N) is 3. The topological polar surface area (TPSA) is 93.8 Å². The summed E-state index contributed by atoms with van der Waals surface area (Å²) in [7, 11) is 0. The molecule has 3 N–H and O–H groups in total. The van der Waals surface area contributed by atoms with Gasteiger partial charge in [-0.05, 0) is 19.4 Å². The summed E-state index contributed by atoms with van der Waals surface area (Å²) in [6.45, 7) is 4.50. The van der Waals surface area contributed by atoms with Crippen LogP contribution in [0.4, 0.5) is 5.69 Å². The first-order chi connectivity index (χ1) is 11.6. The van der Waals surface area contributed by atoms with E-state index >= 15 is 0 Å². The summed E-state index contributed by atoms with van der Waals surface area (Å²) in [6, 6.07) is 9.57. The molecule has 0 aliphatic rings. The summed E-state index contributed by atoms with van der Waals surface area (Å²) in [5, 5.41) is 11.8. The maximum Gasteiger partial charge on any atom is 0.273 e. The van der Waals surface area contributed by atoms with Crippen molar-refractivity contribution in [3.63, 3.8) is 0 Å². The van der Waals surface area contributed by atoms with Crippen molar-refractivity contribution in [2.75, 3.05) is 12.3 Å². The van der Waals surface area contributed by atoms with E-state index in [1.54, 1.807) is 6.20 Å². The fraction of sp³-hybridized carbons (Fsp3) is 0.222. The fourth-order valence-corrected chi connectivity index (χ4v) is 2.63. The summed E-state index contributed by atoms with van der Waals surface area (Å²) in [5.74, 6) is -0.299. The van der Waals surface area contributed by atoms with E-state index in [0.717, 1.165) is 23.2 Å². The predicted molar refractivity (Wildman–Crippen MR) is 94.5 cm³/mol. The highest BCUT2D eigenvalue weighted by molar-refractivity contribution is 6.07. The average molecular weight is 321 g/mol. The number of fused-ring (bicyclic) bond motifs is 1. The molecule has 0 aliphatic carbocycles. The molecule has 1 amide bonds. The Morgan fingerprint density at radius 3 is 2.71 bits per heavy atom. The highest BCUT2D eigenvalue weighted by atomic mass is 16.1. The number of nitrogen functional groups attached to an aromatic ring is 1. The van der Waals surface area contributed by atoms with Crippen LogP contribution >= 0.6 is 0 Å². The average Bonchev–Trinajstić information content (AvgIpc) is 2.60. The van der Waals surface area contributed by atoms with Crippen LogP contribution in [0.2, 0.25) is 0 Å². The number of hydrogen-bond acceptors (Lipinski definition) is 5. The Balaban J connectivity index is 2.15. The lowest BCUT2D eigenvalue weighted by atomic mass is 10.0. The Kier molecular flexibility index (Phi) is 4.37. The number of amides is 1. The number of carbonyl (C=O) groups is 1. The first-order valence-electron chi connectivity index (χ1n) is 7.88. The number of hydrogen-bond donors (Lipinski definition) is 2. The Morgan fingerprint density at radius 2 is 1.96 bits per heavy atom. The molecule has 0 atom stereocenters. The molecule has 0 radical (unpaired) electrons. The van der Waals surface area contributed by atoms with E-state index in [2.05, 4.69) is 20.5 Å². The fourth-order valence-electron chi connectivity index (χ4n) is 2.63. The van der Waals surface area contributed by atoms with Crippen molar-refractivity contribution >= 4 is 22.5 Å². The predicted octanol–water partition coefficient (Wildman–Crippen LogP) is 2.72. The summed E-state index contributed by atoms with van der Waals surface area (Å²) >= 11 is 0. The highest BCUT2D eigenvalue weighted by Gasteiger charge is 2.17. The van der Waals surface area contributed by atoms with Gasteiger partial charge in [0.15, 0.2) is 5.69 Å². The van der Waals surface area contributed by atoms with Gasteiger partial charge in [0, 0.05) is 34.9 Å². The largest absolute Gasteiger partial charge is 0.396 e. The van der Waals surface area contributed by atoms with Crippen molar-refractivity contribution in [2.45, 2.75) is 20.3 Å². The number of nitrogens with one attached hydrogen (secondary N) is 1. The summed E-state index contributed by atoms with van der Waals surface area (Å²) in [4.78, 5) is 16.5. The molecule has 0 unspecified atom stereocenters. The molecule has 0 saturated carbocycles. The van der Waals surface area contributed by atoms with E-state index in [1.807, 2.05) is 44.2 Å². The molecule has 3 aromatic rings. The van der Waals surface area contributed by atoms with Gasteiger partial charge in [0.05, 0.1) is 5.69 Å². The number of benzene rings is 1. The normalized spacial score (nSPS) is 10.8. The molecule has 0 fully saturated rings. The molecule has 2 heterocycles.